The molecule has 4 nitrogen and oxygen atoms in total. The molecule has 1 aromatic heterocycles. The van der Waals surface area contributed by atoms with Gasteiger partial charge in [-0.15, -0.1) is 0 Å². The van der Waals surface area contributed by atoms with Gasteiger partial charge >= 0.3 is 0 Å². The number of hydrogen-bond donors (Lipinski definition) is 1. The van der Waals surface area contributed by atoms with Gasteiger partial charge in [0, 0.05) is 20.1 Å². The van der Waals surface area contributed by atoms with Crippen LogP contribution in [0.1, 0.15) is 25.2 Å². The molecule has 0 aliphatic rings. The van der Waals surface area contributed by atoms with Crippen LogP contribution < -0.4 is 5.73 Å². The highest BCUT2D eigenvalue weighted by Crippen LogP contribution is 2.22. The standard InChI is InChI=1S/C11H19ClN4S/c1-4-8-11(12)9(15(3)14-8)6-16(5-2)7-10(13)17/h4-7H2,1-3H3,(H2,13,17). The molecule has 2 N–H and O–H groups in total. The molecule has 0 radical (unpaired) electrons. The fraction of sp³-hybridized carbons (Fsp3) is 0.636. The van der Waals surface area contributed by atoms with Gasteiger partial charge in [-0.3, -0.25) is 9.58 Å². The van der Waals surface area contributed by atoms with Gasteiger partial charge in [0.15, 0.2) is 0 Å². The molecule has 0 aliphatic heterocycles. The van der Waals surface area contributed by atoms with Crippen LogP contribution in [0.5, 0.6) is 0 Å². The van der Waals surface area contributed by atoms with E-state index in [1.54, 1.807) is 0 Å². The number of hydrogen-bond acceptors (Lipinski definition) is 3. The smallest absolute Gasteiger partial charge is 0.0870 e. The summed E-state index contributed by atoms with van der Waals surface area (Å²) in [5.41, 5.74) is 7.52. The van der Waals surface area contributed by atoms with Crippen molar-refractivity contribution in [2.24, 2.45) is 12.8 Å². The zero-order chi connectivity index (χ0) is 13.0. The molecule has 0 atom stereocenters. The van der Waals surface area contributed by atoms with Gasteiger partial charge in [0.2, 0.25) is 0 Å². The van der Waals surface area contributed by atoms with Crippen LogP contribution in [0.4, 0.5) is 0 Å². The minimum absolute atomic E-state index is 0.501. The van der Waals surface area contributed by atoms with E-state index in [1.165, 1.54) is 0 Å². The lowest BCUT2D eigenvalue weighted by atomic mass is 10.3. The van der Waals surface area contributed by atoms with Crippen LogP contribution >= 0.6 is 23.8 Å². The molecule has 0 unspecified atom stereocenters. The van der Waals surface area contributed by atoms with E-state index in [1.807, 2.05) is 18.7 Å². The van der Waals surface area contributed by atoms with Gasteiger partial charge in [-0.2, -0.15) is 5.10 Å². The maximum atomic E-state index is 6.29. The van der Waals surface area contributed by atoms with Crippen molar-refractivity contribution in [3.63, 3.8) is 0 Å². The third-order valence-corrected chi connectivity index (χ3v) is 3.27. The maximum Gasteiger partial charge on any atom is 0.0870 e. The van der Waals surface area contributed by atoms with E-state index in [-0.39, 0.29) is 0 Å². The molecule has 0 spiro atoms. The minimum Gasteiger partial charge on any atom is -0.392 e. The fourth-order valence-corrected chi connectivity index (χ4v) is 2.24. The van der Waals surface area contributed by atoms with E-state index in [0.717, 1.165) is 35.9 Å². The Morgan fingerprint density at radius 3 is 2.59 bits per heavy atom. The second-order valence-corrected chi connectivity index (χ2v) is 4.86. The molecule has 1 aromatic rings. The molecule has 0 saturated carbocycles. The SMILES string of the molecule is CCc1nn(C)c(CN(CC)CC(N)=S)c1Cl. The second kappa shape index (κ2) is 6.33. The lowest BCUT2D eigenvalue weighted by Gasteiger charge is -2.19. The second-order valence-electron chi connectivity index (χ2n) is 3.95. The van der Waals surface area contributed by atoms with E-state index in [2.05, 4.69) is 16.9 Å². The van der Waals surface area contributed by atoms with Crippen LogP contribution in [-0.4, -0.2) is 32.8 Å². The number of thiocarbonyl (C=S) groups is 1. The molecule has 0 saturated heterocycles. The molecule has 0 aromatic carbocycles. The topological polar surface area (TPSA) is 47.1 Å². The van der Waals surface area contributed by atoms with Crippen molar-refractivity contribution in [3.05, 3.63) is 16.4 Å². The summed E-state index contributed by atoms with van der Waals surface area (Å²) >= 11 is 11.2. The molecule has 96 valence electrons. The van der Waals surface area contributed by atoms with Crippen molar-refractivity contribution in [1.29, 1.82) is 0 Å². The van der Waals surface area contributed by atoms with Gasteiger partial charge in [0.25, 0.3) is 0 Å². The predicted molar refractivity (Wildman–Crippen MR) is 75.3 cm³/mol. The summed E-state index contributed by atoms with van der Waals surface area (Å²) in [5.74, 6) is 0. The highest BCUT2D eigenvalue weighted by atomic mass is 35.5. The van der Waals surface area contributed by atoms with Crippen molar-refractivity contribution in [2.45, 2.75) is 26.8 Å². The molecule has 1 heterocycles. The van der Waals surface area contributed by atoms with Crippen LogP contribution in [0.2, 0.25) is 5.02 Å². The highest BCUT2D eigenvalue weighted by molar-refractivity contribution is 7.80. The van der Waals surface area contributed by atoms with E-state index in [9.17, 15) is 0 Å². The Kier molecular flexibility index (Phi) is 5.36. The third-order valence-electron chi connectivity index (χ3n) is 2.70. The number of rotatable bonds is 6. The first-order valence-corrected chi connectivity index (χ1v) is 6.49. The minimum atomic E-state index is 0.501. The maximum absolute atomic E-state index is 6.29. The van der Waals surface area contributed by atoms with Gasteiger partial charge in [-0.1, -0.05) is 37.7 Å². The largest absolute Gasteiger partial charge is 0.392 e. The van der Waals surface area contributed by atoms with Crippen molar-refractivity contribution in [3.8, 4) is 0 Å². The van der Waals surface area contributed by atoms with Crippen LogP contribution in [0.3, 0.4) is 0 Å². The zero-order valence-electron chi connectivity index (χ0n) is 10.5. The summed E-state index contributed by atoms with van der Waals surface area (Å²) in [4.78, 5) is 2.64. The van der Waals surface area contributed by atoms with Crippen LogP contribution in [0.25, 0.3) is 0 Å². The Hall–Kier alpha value is -0.650. The number of aryl methyl sites for hydroxylation is 2. The van der Waals surface area contributed by atoms with Crippen molar-refractivity contribution in [2.75, 3.05) is 13.1 Å². The lowest BCUT2D eigenvalue weighted by molar-refractivity contribution is 0.311. The van der Waals surface area contributed by atoms with Gasteiger partial charge in [0.1, 0.15) is 0 Å². The van der Waals surface area contributed by atoms with E-state index >= 15 is 0 Å². The normalized spacial score (nSPS) is 11.1. The number of nitrogens with zero attached hydrogens (tertiary/aromatic N) is 3. The zero-order valence-corrected chi connectivity index (χ0v) is 12.1. The molecule has 17 heavy (non-hydrogen) atoms. The molecular formula is C11H19ClN4S. The number of aromatic nitrogens is 2. The van der Waals surface area contributed by atoms with Gasteiger partial charge in [-0.05, 0) is 13.0 Å². The third kappa shape index (κ3) is 3.66. The Morgan fingerprint density at radius 1 is 1.53 bits per heavy atom. The first-order chi connectivity index (χ1) is 7.99. The summed E-state index contributed by atoms with van der Waals surface area (Å²) in [6.07, 6.45) is 0.841. The van der Waals surface area contributed by atoms with Crippen molar-refractivity contribution >= 4 is 28.8 Å². The molecule has 0 amide bonds. The number of nitrogens with two attached hydrogens (primary N) is 1. The summed E-state index contributed by atoms with van der Waals surface area (Å²) in [6, 6.07) is 0. The Labute approximate surface area is 113 Å². The van der Waals surface area contributed by atoms with E-state index in [4.69, 9.17) is 29.6 Å². The summed E-state index contributed by atoms with van der Waals surface area (Å²) in [7, 11) is 1.91. The van der Waals surface area contributed by atoms with Crippen LogP contribution in [0.15, 0.2) is 0 Å². The first kappa shape index (κ1) is 14.4. The summed E-state index contributed by atoms with van der Waals surface area (Å²) in [5, 5.41) is 5.15. The molecule has 0 bridgehead atoms. The average Bonchev–Trinajstić information content (AvgIpc) is 2.54. The fourth-order valence-electron chi connectivity index (χ4n) is 1.70. The number of halogens is 1. The Balaban J connectivity index is 2.85. The summed E-state index contributed by atoms with van der Waals surface area (Å²) in [6.45, 7) is 6.32. The first-order valence-electron chi connectivity index (χ1n) is 5.70. The molecule has 0 aliphatic carbocycles. The molecule has 1 rings (SSSR count). The van der Waals surface area contributed by atoms with Crippen molar-refractivity contribution in [1.82, 2.24) is 14.7 Å². The van der Waals surface area contributed by atoms with Crippen LogP contribution in [0, 0.1) is 0 Å². The number of likely N-dealkylation sites (N-methyl/N-ethyl adjacent to an activating group) is 1. The van der Waals surface area contributed by atoms with E-state index < -0.39 is 0 Å². The van der Waals surface area contributed by atoms with Gasteiger partial charge in [-0.25, -0.2) is 0 Å². The quantitative estimate of drug-likeness (QED) is 0.803. The molecular weight excluding hydrogens is 256 g/mol. The Morgan fingerprint density at radius 2 is 2.18 bits per heavy atom. The van der Waals surface area contributed by atoms with Crippen LogP contribution in [-0.2, 0) is 20.0 Å². The monoisotopic (exact) mass is 274 g/mol. The summed E-state index contributed by atoms with van der Waals surface area (Å²) < 4.78 is 1.84. The van der Waals surface area contributed by atoms with Gasteiger partial charge in [0.05, 0.1) is 21.4 Å². The highest BCUT2D eigenvalue weighted by Gasteiger charge is 2.15. The predicted octanol–water partition coefficient (Wildman–Crippen LogP) is 1.74. The molecule has 6 heteroatoms. The molecule has 0 fully saturated rings. The van der Waals surface area contributed by atoms with E-state index in [0.29, 0.717) is 11.5 Å². The average molecular weight is 275 g/mol. The Bertz CT molecular complexity index is 402. The van der Waals surface area contributed by atoms with Gasteiger partial charge < -0.3 is 5.73 Å². The lowest BCUT2D eigenvalue weighted by Crippen LogP contribution is -2.32. The van der Waals surface area contributed by atoms with Crippen molar-refractivity contribution < 1.29 is 0 Å².